The zero-order valence-electron chi connectivity index (χ0n) is 19.2. The van der Waals surface area contributed by atoms with Gasteiger partial charge in [0.1, 0.15) is 17.3 Å². The van der Waals surface area contributed by atoms with Crippen LogP contribution in [-0.2, 0) is 0 Å². The molecule has 4 aromatic rings. The lowest BCUT2D eigenvalue weighted by Crippen LogP contribution is -2.51. The van der Waals surface area contributed by atoms with Crippen molar-refractivity contribution >= 4 is 34.6 Å². The highest BCUT2D eigenvalue weighted by Crippen LogP contribution is 2.42. The molecule has 0 saturated heterocycles. The van der Waals surface area contributed by atoms with Crippen LogP contribution in [0.5, 0.6) is 0 Å². The van der Waals surface area contributed by atoms with E-state index < -0.39 is 0 Å². The monoisotopic (exact) mass is 483 g/mol. The Morgan fingerprint density at radius 1 is 1.14 bits per heavy atom. The maximum Gasteiger partial charge on any atom is 0.164 e. The van der Waals surface area contributed by atoms with E-state index >= 15 is 0 Å². The molecule has 0 radical (unpaired) electrons. The molecule has 2 aromatic carbocycles. The quantitative estimate of drug-likeness (QED) is 0.374. The summed E-state index contributed by atoms with van der Waals surface area (Å²) in [6, 6.07) is 15.6. The second kappa shape index (κ2) is 9.24. The fraction of sp³-hybridized carbons (Fsp3) is 0.192. The number of aromatic nitrogens is 3. The van der Waals surface area contributed by atoms with Crippen LogP contribution in [0.25, 0.3) is 21.8 Å². The number of halogens is 1. The number of hydrogen-bond acceptors (Lipinski definition) is 7. The third kappa shape index (κ3) is 3.92. The van der Waals surface area contributed by atoms with Gasteiger partial charge in [-0.05, 0) is 60.8 Å². The third-order valence-electron chi connectivity index (χ3n) is 6.06. The Labute approximate surface area is 206 Å². The first-order valence-electron chi connectivity index (χ1n) is 11.3. The number of anilines is 3. The molecule has 1 atom stereocenters. The molecule has 3 heterocycles. The average molecular weight is 484 g/mol. The van der Waals surface area contributed by atoms with E-state index in [0.717, 1.165) is 27.4 Å². The number of benzene rings is 2. The molecule has 0 bridgehead atoms. The van der Waals surface area contributed by atoms with Gasteiger partial charge in [0.2, 0.25) is 0 Å². The Hall–Kier alpha value is -4.16. The van der Waals surface area contributed by atoms with Crippen LogP contribution < -0.4 is 9.80 Å². The number of likely N-dealkylation sites (N-methyl/N-ethyl adjacent to an activating group) is 1. The van der Waals surface area contributed by atoms with Gasteiger partial charge in [0.15, 0.2) is 11.6 Å². The minimum atomic E-state index is -0.298. The predicted molar refractivity (Wildman–Crippen MR) is 137 cm³/mol. The molecule has 0 amide bonds. The summed E-state index contributed by atoms with van der Waals surface area (Å²) in [7, 11) is 0. The van der Waals surface area contributed by atoms with Crippen LogP contribution >= 0.6 is 11.5 Å². The molecule has 0 fully saturated rings. The van der Waals surface area contributed by atoms with Crippen molar-refractivity contribution in [1.29, 1.82) is 10.7 Å². The SMILES string of the molecule is CCC1C(=N)N(CC)c2cnc(-c3cnsc3-c3ccc(F)cc3)nc2N1c1cccc(C#N)c1. The Morgan fingerprint density at radius 2 is 1.94 bits per heavy atom. The second-order valence-corrected chi connectivity index (χ2v) is 8.87. The van der Waals surface area contributed by atoms with E-state index in [1.165, 1.54) is 23.7 Å². The van der Waals surface area contributed by atoms with Gasteiger partial charge in [0.05, 0.1) is 40.5 Å². The van der Waals surface area contributed by atoms with E-state index in [4.69, 9.17) is 10.4 Å². The summed E-state index contributed by atoms with van der Waals surface area (Å²) < 4.78 is 17.8. The minimum absolute atomic E-state index is 0.253. The van der Waals surface area contributed by atoms with Gasteiger partial charge in [-0.3, -0.25) is 5.41 Å². The van der Waals surface area contributed by atoms with Crippen LogP contribution in [-0.4, -0.2) is 32.8 Å². The van der Waals surface area contributed by atoms with Crippen LogP contribution in [0.1, 0.15) is 25.8 Å². The van der Waals surface area contributed by atoms with Crippen molar-refractivity contribution in [3.63, 3.8) is 0 Å². The molecule has 1 aliphatic rings. The molecule has 1 aliphatic heterocycles. The standard InChI is InChI=1S/C26H22FN7S/c1-3-21-24(29)33(4-2)22-15-30-25(20-14-31-35-23(20)17-8-10-18(27)11-9-17)32-26(22)34(21)19-7-5-6-16(12-19)13-28/h5-12,14-15,21,29H,3-4H2,1-2H3. The molecule has 2 aromatic heterocycles. The fourth-order valence-electron chi connectivity index (χ4n) is 4.40. The largest absolute Gasteiger partial charge is 0.324 e. The van der Waals surface area contributed by atoms with Gasteiger partial charge in [-0.25, -0.2) is 14.4 Å². The van der Waals surface area contributed by atoms with E-state index in [1.54, 1.807) is 30.6 Å². The number of amidine groups is 1. The smallest absolute Gasteiger partial charge is 0.164 e. The summed E-state index contributed by atoms with van der Waals surface area (Å²) in [5.41, 5.74) is 3.67. The van der Waals surface area contributed by atoms with E-state index in [1.807, 2.05) is 41.8 Å². The first-order valence-corrected chi connectivity index (χ1v) is 12.1. The van der Waals surface area contributed by atoms with Crippen LogP contribution in [0.2, 0.25) is 0 Å². The zero-order chi connectivity index (χ0) is 24.5. The van der Waals surface area contributed by atoms with Gasteiger partial charge in [-0.2, -0.15) is 9.64 Å². The van der Waals surface area contributed by atoms with Crippen LogP contribution in [0.3, 0.4) is 0 Å². The first-order chi connectivity index (χ1) is 17.0. The second-order valence-electron chi connectivity index (χ2n) is 8.06. The number of nitrogens with zero attached hydrogens (tertiary/aromatic N) is 6. The molecular formula is C26H22FN7S. The Morgan fingerprint density at radius 3 is 2.66 bits per heavy atom. The van der Waals surface area contributed by atoms with E-state index in [2.05, 4.69) is 15.4 Å². The normalized spacial score (nSPS) is 15.1. The van der Waals surface area contributed by atoms with E-state index in [9.17, 15) is 9.65 Å². The number of rotatable bonds is 5. The van der Waals surface area contributed by atoms with Crippen LogP contribution in [0.4, 0.5) is 21.6 Å². The van der Waals surface area contributed by atoms with Crippen LogP contribution in [0, 0.1) is 22.6 Å². The van der Waals surface area contributed by atoms with Crippen molar-refractivity contribution < 1.29 is 4.39 Å². The topological polar surface area (TPSA) is 92.8 Å². The summed E-state index contributed by atoms with van der Waals surface area (Å²) in [6.07, 6.45) is 4.16. The minimum Gasteiger partial charge on any atom is -0.324 e. The molecule has 0 saturated carbocycles. The summed E-state index contributed by atoms with van der Waals surface area (Å²) in [5, 5.41) is 18.4. The Balaban J connectivity index is 1.69. The molecule has 9 heteroatoms. The molecule has 5 rings (SSSR count). The molecule has 174 valence electrons. The van der Waals surface area contributed by atoms with Crippen molar-refractivity contribution in [3.8, 4) is 27.9 Å². The highest BCUT2D eigenvalue weighted by Gasteiger charge is 2.37. The fourth-order valence-corrected chi connectivity index (χ4v) is 5.14. The van der Waals surface area contributed by atoms with Crippen molar-refractivity contribution in [2.24, 2.45) is 0 Å². The van der Waals surface area contributed by atoms with Crippen molar-refractivity contribution in [1.82, 2.24) is 14.3 Å². The maximum atomic E-state index is 13.5. The van der Waals surface area contributed by atoms with Crippen LogP contribution in [0.15, 0.2) is 60.9 Å². The average Bonchev–Trinajstić information content (AvgIpc) is 3.38. The number of hydrogen-bond donors (Lipinski definition) is 1. The van der Waals surface area contributed by atoms with Crippen molar-refractivity contribution in [2.45, 2.75) is 26.3 Å². The van der Waals surface area contributed by atoms with Gasteiger partial charge in [0.25, 0.3) is 0 Å². The molecule has 1 N–H and O–H groups in total. The van der Waals surface area contributed by atoms with Crippen molar-refractivity contribution in [3.05, 3.63) is 72.3 Å². The predicted octanol–water partition coefficient (Wildman–Crippen LogP) is 6.01. The summed E-state index contributed by atoms with van der Waals surface area (Å²) in [6.45, 7) is 4.65. The third-order valence-corrected chi connectivity index (χ3v) is 6.91. The molecule has 35 heavy (non-hydrogen) atoms. The van der Waals surface area contributed by atoms with E-state index in [-0.39, 0.29) is 11.9 Å². The summed E-state index contributed by atoms with van der Waals surface area (Å²) in [4.78, 5) is 14.4. The lowest BCUT2D eigenvalue weighted by molar-refractivity contribution is 0.628. The molecule has 7 nitrogen and oxygen atoms in total. The molecule has 0 aliphatic carbocycles. The number of fused-ring (bicyclic) bond motifs is 1. The lowest BCUT2D eigenvalue weighted by Gasteiger charge is -2.43. The molecule has 0 spiro atoms. The van der Waals surface area contributed by atoms with Gasteiger partial charge in [-0.1, -0.05) is 25.1 Å². The van der Waals surface area contributed by atoms with Crippen molar-refractivity contribution in [2.75, 3.05) is 16.3 Å². The number of nitrogens with one attached hydrogen (secondary N) is 1. The highest BCUT2D eigenvalue weighted by atomic mass is 32.1. The zero-order valence-corrected chi connectivity index (χ0v) is 20.1. The van der Waals surface area contributed by atoms with Gasteiger partial charge >= 0.3 is 0 Å². The highest BCUT2D eigenvalue weighted by molar-refractivity contribution is 7.10. The molecule has 1 unspecified atom stereocenters. The molecular weight excluding hydrogens is 461 g/mol. The van der Waals surface area contributed by atoms with Gasteiger partial charge in [-0.15, -0.1) is 0 Å². The summed E-state index contributed by atoms with van der Waals surface area (Å²) >= 11 is 1.31. The Bertz CT molecular complexity index is 1440. The van der Waals surface area contributed by atoms with Gasteiger partial charge in [0, 0.05) is 12.2 Å². The number of nitriles is 1. The Kier molecular flexibility index (Phi) is 5.97. The summed E-state index contributed by atoms with van der Waals surface area (Å²) in [5.74, 6) is 1.34. The van der Waals surface area contributed by atoms with Gasteiger partial charge < -0.3 is 9.80 Å². The first kappa shape index (κ1) is 22.6. The lowest BCUT2D eigenvalue weighted by atomic mass is 10.0. The van der Waals surface area contributed by atoms with E-state index in [0.29, 0.717) is 36.0 Å². The maximum absolute atomic E-state index is 13.5.